The summed E-state index contributed by atoms with van der Waals surface area (Å²) in [6.07, 6.45) is 6.14. The number of thiophene rings is 1. The molecule has 14 nitrogen and oxygen atoms in total. The van der Waals surface area contributed by atoms with Gasteiger partial charge in [0.2, 0.25) is 23.5 Å². The van der Waals surface area contributed by atoms with Crippen molar-refractivity contribution in [2.45, 2.75) is 134 Å². The molecule has 304 valence electrons. The predicted molar refractivity (Wildman–Crippen MR) is 205 cm³/mol. The number of alkyl carbamates (subject to hydrolysis) is 1. The summed E-state index contributed by atoms with van der Waals surface area (Å²) in [5, 5.41) is 12.6. The summed E-state index contributed by atoms with van der Waals surface area (Å²) in [5.74, 6) is -5.59. The van der Waals surface area contributed by atoms with E-state index < -0.39 is 77.3 Å². The second-order valence-corrected chi connectivity index (χ2v) is 18.6. The van der Waals surface area contributed by atoms with Crippen molar-refractivity contribution in [1.82, 2.24) is 26.2 Å². The zero-order valence-electron chi connectivity index (χ0n) is 33.2. The van der Waals surface area contributed by atoms with Gasteiger partial charge in [-0.3, -0.25) is 28.8 Å². The maximum Gasteiger partial charge on any atom is 0.408 e. The summed E-state index contributed by atoms with van der Waals surface area (Å²) in [5.41, 5.74) is -1.30. The summed E-state index contributed by atoms with van der Waals surface area (Å²) in [6.45, 7) is 8.61. The Morgan fingerprint density at radius 1 is 0.982 bits per heavy atom. The third-order valence-electron chi connectivity index (χ3n) is 11.2. The maximum absolute atomic E-state index is 14.7. The molecular formula is C40H59N5O9S. The highest BCUT2D eigenvalue weighted by Gasteiger charge is 2.58. The number of likely N-dealkylation sites (N-methyl/N-ethyl adjacent to an activating group) is 1. The molecule has 1 saturated heterocycles. The Hall–Kier alpha value is -3.85. The Kier molecular flexibility index (Phi) is 13.5. The lowest BCUT2D eigenvalue weighted by Crippen LogP contribution is -2.54. The van der Waals surface area contributed by atoms with Gasteiger partial charge in [-0.15, -0.1) is 11.3 Å². The van der Waals surface area contributed by atoms with Crippen LogP contribution in [0.2, 0.25) is 0 Å². The van der Waals surface area contributed by atoms with Crippen LogP contribution in [0.3, 0.4) is 0 Å². The molecule has 3 saturated carbocycles. The molecule has 4 aliphatic rings. The molecule has 1 aliphatic heterocycles. The zero-order chi connectivity index (χ0) is 40.2. The van der Waals surface area contributed by atoms with E-state index in [9.17, 15) is 33.6 Å². The average molecular weight is 786 g/mol. The Balaban J connectivity index is 1.31. The smallest absolute Gasteiger partial charge is 0.408 e. The molecule has 0 bridgehead atoms. The van der Waals surface area contributed by atoms with E-state index in [0.717, 1.165) is 44.9 Å². The number of ether oxygens (including phenoxy) is 2. The monoisotopic (exact) mass is 785 g/mol. The van der Waals surface area contributed by atoms with Crippen LogP contribution in [0.4, 0.5) is 4.79 Å². The number of ketones is 2. The van der Waals surface area contributed by atoms with Gasteiger partial charge in [0.1, 0.15) is 11.6 Å². The van der Waals surface area contributed by atoms with Gasteiger partial charge in [0.15, 0.2) is 5.78 Å². The fourth-order valence-corrected chi connectivity index (χ4v) is 9.28. The minimum Gasteiger partial charge on any atom is -0.444 e. The molecular weight excluding hydrogens is 727 g/mol. The lowest BCUT2D eigenvalue weighted by Gasteiger charge is -2.34. The van der Waals surface area contributed by atoms with Crippen LogP contribution in [-0.2, 0) is 38.2 Å². The first-order chi connectivity index (χ1) is 25.8. The highest BCUT2D eigenvalue weighted by molar-refractivity contribution is 7.10. The summed E-state index contributed by atoms with van der Waals surface area (Å²) in [7, 11) is 3.15. The number of Topliss-reactive ketones (excluding diaryl/α,β-unsaturated/α-hetero) is 2. The van der Waals surface area contributed by atoms with E-state index >= 15 is 0 Å². The highest BCUT2D eigenvalue weighted by atomic mass is 32.1. The van der Waals surface area contributed by atoms with Crippen LogP contribution >= 0.6 is 11.3 Å². The van der Waals surface area contributed by atoms with Gasteiger partial charge in [0.05, 0.1) is 36.3 Å². The summed E-state index contributed by atoms with van der Waals surface area (Å²) >= 11 is 1.30. The van der Waals surface area contributed by atoms with Crippen molar-refractivity contribution >= 4 is 52.6 Å². The summed E-state index contributed by atoms with van der Waals surface area (Å²) in [4.78, 5) is 96.9. The van der Waals surface area contributed by atoms with Crippen LogP contribution in [0.25, 0.3) is 0 Å². The third-order valence-corrected chi connectivity index (χ3v) is 12.1. The van der Waals surface area contributed by atoms with E-state index in [-0.39, 0.29) is 42.0 Å². The topological polar surface area (TPSA) is 189 Å². The highest BCUT2D eigenvalue weighted by Crippen LogP contribution is 2.51. The molecule has 3 aliphatic carbocycles. The lowest BCUT2D eigenvalue weighted by atomic mass is 9.75. The number of carbonyl (C=O) groups is 7. The maximum atomic E-state index is 14.7. The molecule has 0 aromatic carbocycles. The molecule has 4 N–H and O–H groups in total. The second-order valence-electron chi connectivity index (χ2n) is 17.6. The average Bonchev–Trinajstić information content (AvgIpc) is 3.48. The number of nitrogens with one attached hydrogen (secondary N) is 4. The molecule has 55 heavy (non-hydrogen) atoms. The van der Waals surface area contributed by atoms with E-state index in [1.54, 1.807) is 52.4 Å². The number of carbonyl (C=O) groups excluding carboxylic acids is 7. The number of hydrogen-bond donors (Lipinski definition) is 4. The van der Waals surface area contributed by atoms with E-state index in [1.807, 2.05) is 13.8 Å². The number of nitrogens with zero attached hydrogens (tertiary/aromatic N) is 1. The first-order valence-electron chi connectivity index (χ1n) is 19.7. The molecule has 1 aromatic rings. The number of fused-ring (bicyclic) bond motifs is 1. The SMILES string of the molecule is CN(C)C(=O)[C@@H](NC(=O)CNC(=O)C(=O)C(CC1CC1)NC(=O)[C@H]1C(C(=O)[C@@H](NC(=O)OC(C)(C)C)C2CCCCC2)C[C@@H]2OC(C)(C)C[C@@H]21)c1cccs1. The van der Waals surface area contributed by atoms with Gasteiger partial charge in [0, 0.05) is 30.8 Å². The molecule has 4 fully saturated rings. The van der Waals surface area contributed by atoms with Crippen molar-refractivity contribution in [2.75, 3.05) is 20.6 Å². The van der Waals surface area contributed by atoms with Gasteiger partial charge in [-0.1, -0.05) is 38.2 Å². The van der Waals surface area contributed by atoms with Gasteiger partial charge >= 0.3 is 6.09 Å². The third kappa shape index (κ3) is 11.1. The Bertz CT molecular complexity index is 1600. The van der Waals surface area contributed by atoms with Crippen molar-refractivity contribution in [3.8, 4) is 0 Å². The number of amides is 5. The van der Waals surface area contributed by atoms with E-state index in [4.69, 9.17) is 9.47 Å². The largest absolute Gasteiger partial charge is 0.444 e. The predicted octanol–water partition coefficient (Wildman–Crippen LogP) is 3.83. The molecule has 5 amide bonds. The minimum atomic E-state index is -1.17. The van der Waals surface area contributed by atoms with Gasteiger partial charge in [0.25, 0.3) is 5.91 Å². The molecule has 5 rings (SSSR count). The standard InChI is InChI=1S/C40H59N5O9S/c1-39(2,3)54-38(52)44-31(23-12-9-8-10-13-23)33(47)24-19-27-25(20-40(4,5)53-27)30(24)35(49)42-26(18-22-15-16-22)34(48)36(50)41-21-29(46)43-32(37(51)45(6)7)28-14-11-17-55-28/h11,14,17,22-27,30-32H,8-10,12-13,15-16,18-21H2,1-7H3,(H,41,50)(H,42,49)(H,43,46)(H,44,52)/t24?,25-,26?,27-,30-,31-,32-/m0/s1. The first-order valence-corrected chi connectivity index (χ1v) is 20.6. The Morgan fingerprint density at radius 3 is 2.27 bits per heavy atom. The van der Waals surface area contributed by atoms with Crippen molar-refractivity contribution in [3.05, 3.63) is 22.4 Å². The second kappa shape index (κ2) is 17.5. The fourth-order valence-electron chi connectivity index (χ4n) is 8.52. The van der Waals surface area contributed by atoms with E-state index in [0.29, 0.717) is 17.7 Å². The lowest BCUT2D eigenvalue weighted by molar-refractivity contribution is -0.142. The number of hydrogen-bond acceptors (Lipinski definition) is 10. The minimum absolute atomic E-state index is 0.109. The Labute approximate surface area is 328 Å². The molecule has 0 radical (unpaired) electrons. The van der Waals surface area contributed by atoms with Gasteiger partial charge in [-0.25, -0.2) is 4.79 Å². The van der Waals surface area contributed by atoms with Gasteiger partial charge < -0.3 is 35.6 Å². The van der Waals surface area contributed by atoms with Crippen molar-refractivity contribution < 1.29 is 43.0 Å². The zero-order valence-corrected chi connectivity index (χ0v) is 34.1. The normalized spacial score (nSPS) is 25.1. The van der Waals surface area contributed by atoms with Crippen LogP contribution in [0.1, 0.15) is 110 Å². The summed E-state index contributed by atoms with van der Waals surface area (Å²) in [6, 6.07) is 0.509. The molecule has 15 heteroatoms. The van der Waals surface area contributed by atoms with Crippen LogP contribution in [0, 0.1) is 29.6 Å². The fraction of sp³-hybridized carbons (Fsp3) is 0.725. The molecule has 2 unspecified atom stereocenters. The van der Waals surface area contributed by atoms with E-state index in [2.05, 4.69) is 21.3 Å². The molecule has 2 heterocycles. The molecule has 7 atom stereocenters. The van der Waals surface area contributed by atoms with Crippen molar-refractivity contribution in [3.63, 3.8) is 0 Å². The van der Waals surface area contributed by atoms with Crippen LogP contribution in [0.15, 0.2) is 17.5 Å². The Morgan fingerprint density at radius 2 is 1.67 bits per heavy atom. The summed E-state index contributed by atoms with van der Waals surface area (Å²) < 4.78 is 11.9. The molecule has 1 aromatic heterocycles. The number of rotatable bonds is 15. The van der Waals surface area contributed by atoms with Gasteiger partial charge in [-0.05, 0) is 90.0 Å². The van der Waals surface area contributed by atoms with Crippen LogP contribution < -0.4 is 21.3 Å². The molecule has 0 spiro atoms. The van der Waals surface area contributed by atoms with Gasteiger partial charge in [-0.2, -0.15) is 0 Å². The van der Waals surface area contributed by atoms with E-state index in [1.165, 1.54) is 16.2 Å². The van der Waals surface area contributed by atoms with Crippen LogP contribution in [0.5, 0.6) is 0 Å². The van der Waals surface area contributed by atoms with Crippen LogP contribution in [-0.4, -0.2) is 96.2 Å². The first kappa shape index (κ1) is 42.3. The van der Waals surface area contributed by atoms with Crippen molar-refractivity contribution in [1.29, 1.82) is 0 Å². The van der Waals surface area contributed by atoms with Crippen molar-refractivity contribution in [2.24, 2.45) is 29.6 Å². The quantitative estimate of drug-likeness (QED) is 0.192.